The standard InChI is InChI=1S/C22H31N3O5S/c1-6-28-20(26)18(15(4)5)31-22-25-24-19(30-22)17(12-14(2)3)23-21(27)29-13-16-10-8-7-9-11-16/h7-11,14-15,17-18H,6,12-13H2,1-5H3,(H,23,27)/t17-,18+/m0/s1. The van der Waals surface area contributed by atoms with E-state index in [9.17, 15) is 9.59 Å². The van der Waals surface area contributed by atoms with E-state index in [4.69, 9.17) is 13.9 Å². The number of carbonyl (C=O) groups excluding carboxylic acids is 2. The molecule has 31 heavy (non-hydrogen) atoms. The Morgan fingerprint density at radius 2 is 1.81 bits per heavy atom. The maximum absolute atomic E-state index is 12.3. The van der Waals surface area contributed by atoms with Gasteiger partial charge in [-0.2, -0.15) is 0 Å². The van der Waals surface area contributed by atoms with Crippen LogP contribution in [0.25, 0.3) is 0 Å². The van der Waals surface area contributed by atoms with Crippen LogP contribution in [0.4, 0.5) is 4.79 Å². The molecule has 0 unspecified atom stereocenters. The fourth-order valence-corrected chi connectivity index (χ4v) is 3.67. The number of nitrogens with one attached hydrogen (secondary N) is 1. The van der Waals surface area contributed by atoms with E-state index in [1.807, 2.05) is 58.0 Å². The molecular formula is C22H31N3O5S. The van der Waals surface area contributed by atoms with Crippen molar-refractivity contribution in [2.45, 2.75) is 64.2 Å². The number of hydrogen-bond acceptors (Lipinski definition) is 8. The van der Waals surface area contributed by atoms with Crippen molar-refractivity contribution in [2.75, 3.05) is 6.61 Å². The number of alkyl carbamates (subject to hydrolysis) is 1. The average Bonchev–Trinajstić information content (AvgIpc) is 3.19. The van der Waals surface area contributed by atoms with Gasteiger partial charge in [0.1, 0.15) is 17.9 Å². The van der Waals surface area contributed by atoms with Crippen molar-refractivity contribution >= 4 is 23.8 Å². The van der Waals surface area contributed by atoms with E-state index < -0.39 is 17.4 Å². The summed E-state index contributed by atoms with van der Waals surface area (Å²) < 4.78 is 16.2. The first-order valence-electron chi connectivity index (χ1n) is 10.4. The van der Waals surface area contributed by atoms with Gasteiger partial charge in [0.2, 0.25) is 5.89 Å². The van der Waals surface area contributed by atoms with Crippen LogP contribution in [0, 0.1) is 11.8 Å². The smallest absolute Gasteiger partial charge is 0.408 e. The molecule has 1 aromatic heterocycles. The van der Waals surface area contributed by atoms with Crippen LogP contribution in [-0.2, 0) is 20.9 Å². The van der Waals surface area contributed by atoms with E-state index in [1.165, 1.54) is 11.8 Å². The summed E-state index contributed by atoms with van der Waals surface area (Å²) in [6.07, 6.45) is 0.0339. The summed E-state index contributed by atoms with van der Waals surface area (Å²) in [5.74, 6) is 0.255. The van der Waals surface area contributed by atoms with Crippen LogP contribution in [0.1, 0.15) is 58.5 Å². The number of aromatic nitrogens is 2. The lowest BCUT2D eigenvalue weighted by atomic mass is 10.0. The molecule has 9 heteroatoms. The maximum atomic E-state index is 12.3. The predicted molar refractivity (Wildman–Crippen MR) is 117 cm³/mol. The van der Waals surface area contributed by atoms with E-state index in [1.54, 1.807) is 6.92 Å². The minimum Gasteiger partial charge on any atom is -0.465 e. The molecule has 1 heterocycles. The number of esters is 1. The highest BCUT2D eigenvalue weighted by Crippen LogP contribution is 2.30. The number of benzene rings is 1. The summed E-state index contributed by atoms with van der Waals surface area (Å²) in [4.78, 5) is 24.5. The van der Waals surface area contributed by atoms with Gasteiger partial charge in [0.05, 0.1) is 6.61 Å². The number of rotatable bonds is 11. The van der Waals surface area contributed by atoms with Crippen molar-refractivity contribution in [2.24, 2.45) is 11.8 Å². The second-order valence-corrected chi connectivity index (χ2v) is 8.92. The Kier molecular flexibility index (Phi) is 9.84. The van der Waals surface area contributed by atoms with E-state index >= 15 is 0 Å². The van der Waals surface area contributed by atoms with Gasteiger partial charge in [-0.05, 0) is 42.5 Å². The zero-order valence-corrected chi connectivity index (χ0v) is 19.5. The van der Waals surface area contributed by atoms with E-state index in [-0.39, 0.29) is 35.5 Å². The normalized spacial score (nSPS) is 13.1. The topological polar surface area (TPSA) is 104 Å². The first-order chi connectivity index (χ1) is 14.8. The SMILES string of the molecule is CCOC(=O)[C@H](Sc1nnc([C@H](CC(C)C)NC(=O)OCc2ccccc2)o1)C(C)C. The summed E-state index contributed by atoms with van der Waals surface area (Å²) in [5.41, 5.74) is 0.897. The quantitative estimate of drug-likeness (QED) is 0.387. The molecule has 0 saturated heterocycles. The average molecular weight is 450 g/mol. The molecule has 0 saturated carbocycles. The minimum absolute atomic E-state index is 0.0250. The van der Waals surface area contributed by atoms with Crippen molar-refractivity contribution in [3.05, 3.63) is 41.8 Å². The van der Waals surface area contributed by atoms with Crippen molar-refractivity contribution in [1.29, 1.82) is 0 Å². The first kappa shape index (κ1) is 24.7. The summed E-state index contributed by atoms with van der Waals surface area (Å²) >= 11 is 1.17. The zero-order chi connectivity index (χ0) is 22.8. The molecule has 0 spiro atoms. The molecule has 2 rings (SSSR count). The molecule has 0 fully saturated rings. The first-order valence-corrected chi connectivity index (χ1v) is 11.3. The van der Waals surface area contributed by atoms with Crippen LogP contribution in [0.3, 0.4) is 0 Å². The molecule has 0 bridgehead atoms. The van der Waals surface area contributed by atoms with Crippen LogP contribution in [0.15, 0.2) is 40.0 Å². The Balaban J connectivity index is 2.04. The second-order valence-electron chi connectivity index (χ2n) is 7.83. The Morgan fingerprint density at radius 3 is 2.42 bits per heavy atom. The number of hydrogen-bond donors (Lipinski definition) is 1. The highest BCUT2D eigenvalue weighted by Gasteiger charge is 2.29. The third kappa shape index (κ3) is 8.24. The van der Waals surface area contributed by atoms with Gasteiger partial charge in [-0.15, -0.1) is 10.2 Å². The van der Waals surface area contributed by atoms with Gasteiger partial charge in [0.25, 0.3) is 5.22 Å². The molecule has 0 aliphatic heterocycles. The highest BCUT2D eigenvalue weighted by atomic mass is 32.2. The molecule has 0 aliphatic rings. The van der Waals surface area contributed by atoms with Gasteiger partial charge in [-0.25, -0.2) is 4.79 Å². The van der Waals surface area contributed by atoms with Crippen LogP contribution < -0.4 is 5.32 Å². The van der Waals surface area contributed by atoms with Gasteiger partial charge in [-0.1, -0.05) is 58.0 Å². The third-order valence-electron chi connectivity index (χ3n) is 4.28. The molecule has 1 N–H and O–H groups in total. The lowest BCUT2D eigenvalue weighted by Gasteiger charge is -2.17. The van der Waals surface area contributed by atoms with Crippen molar-refractivity contribution in [3.8, 4) is 0 Å². The largest absolute Gasteiger partial charge is 0.465 e. The Labute approximate surface area is 187 Å². The van der Waals surface area contributed by atoms with E-state index in [0.29, 0.717) is 13.0 Å². The molecule has 0 aliphatic carbocycles. The second kappa shape index (κ2) is 12.3. The number of amides is 1. The molecular weight excluding hydrogens is 418 g/mol. The Bertz CT molecular complexity index is 826. The lowest BCUT2D eigenvalue weighted by molar-refractivity contribution is -0.143. The summed E-state index contributed by atoms with van der Waals surface area (Å²) in [5, 5.41) is 10.8. The Hall–Kier alpha value is -2.55. The summed E-state index contributed by atoms with van der Waals surface area (Å²) in [7, 11) is 0. The van der Waals surface area contributed by atoms with E-state index in [2.05, 4.69) is 15.5 Å². The summed E-state index contributed by atoms with van der Waals surface area (Å²) in [6.45, 7) is 10.2. The summed E-state index contributed by atoms with van der Waals surface area (Å²) in [6, 6.07) is 8.95. The van der Waals surface area contributed by atoms with E-state index in [0.717, 1.165) is 5.56 Å². The highest BCUT2D eigenvalue weighted by molar-refractivity contribution is 8.00. The molecule has 2 atom stereocenters. The van der Waals surface area contributed by atoms with Crippen LogP contribution in [0.5, 0.6) is 0 Å². The van der Waals surface area contributed by atoms with Crippen LogP contribution >= 0.6 is 11.8 Å². The van der Waals surface area contributed by atoms with Crippen LogP contribution in [-0.4, -0.2) is 34.1 Å². The van der Waals surface area contributed by atoms with Gasteiger partial charge in [-0.3, -0.25) is 4.79 Å². The number of thioether (sulfide) groups is 1. The maximum Gasteiger partial charge on any atom is 0.408 e. The van der Waals surface area contributed by atoms with Gasteiger partial charge < -0.3 is 19.2 Å². The molecule has 8 nitrogen and oxygen atoms in total. The molecule has 170 valence electrons. The Morgan fingerprint density at radius 1 is 1.10 bits per heavy atom. The van der Waals surface area contributed by atoms with Crippen LogP contribution in [0.2, 0.25) is 0 Å². The van der Waals surface area contributed by atoms with Crippen molar-refractivity contribution < 1.29 is 23.5 Å². The molecule has 1 aromatic carbocycles. The molecule has 2 aromatic rings. The molecule has 0 radical (unpaired) electrons. The number of ether oxygens (including phenoxy) is 2. The minimum atomic E-state index is -0.562. The van der Waals surface area contributed by atoms with Crippen molar-refractivity contribution in [1.82, 2.24) is 15.5 Å². The number of nitrogens with zero attached hydrogens (tertiary/aromatic N) is 2. The third-order valence-corrected chi connectivity index (χ3v) is 5.64. The van der Waals surface area contributed by atoms with Crippen molar-refractivity contribution in [3.63, 3.8) is 0 Å². The lowest BCUT2D eigenvalue weighted by Crippen LogP contribution is -2.30. The fraction of sp³-hybridized carbons (Fsp3) is 0.545. The predicted octanol–water partition coefficient (Wildman–Crippen LogP) is 4.76. The molecule has 1 amide bonds. The number of carbonyl (C=O) groups is 2. The zero-order valence-electron chi connectivity index (χ0n) is 18.7. The van der Waals surface area contributed by atoms with Gasteiger partial charge in [0.15, 0.2) is 0 Å². The fourth-order valence-electron chi connectivity index (χ4n) is 2.80. The monoisotopic (exact) mass is 449 g/mol. The van der Waals surface area contributed by atoms with Gasteiger partial charge in [0, 0.05) is 0 Å². The van der Waals surface area contributed by atoms with Gasteiger partial charge >= 0.3 is 12.1 Å².